The van der Waals surface area contributed by atoms with E-state index in [-0.39, 0.29) is 28.3 Å². The lowest BCUT2D eigenvalue weighted by molar-refractivity contribution is -0.118. The summed E-state index contributed by atoms with van der Waals surface area (Å²) in [5, 5.41) is 3.48. The first-order chi connectivity index (χ1) is 12.5. The number of benzene rings is 1. The van der Waals surface area contributed by atoms with Crippen molar-refractivity contribution in [3.8, 4) is 0 Å². The number of rotatable bonds is 3. The summed E-state index contributed by atoms with van der Waals surface area (Å²) in [6, 6.07) is 6.67. The molecule has 0 spiro atoms. The zero-order valence-electron chi connectivity index (χ0n) is 17.7. The summed E-state index contributed by atoms with van der Waals surface area (Å²) in [6.45, 7) is 13.4. The number of carbonyl (C=O) groups excluding carboxylic acids is 2. The van der Waals surface area contributed by atoms with Crippen molar-refractivity contribution in [2.75, 3.05) is 11.9 Å². The lowest BCUT2D eigenvalue weighted by atomic mass is 9.63. The number of hydrogen-bond donors (Lipinski definition) is 1. The molecule has 2 aliphatic carbocycles. The summed E-state index contributed by atoms with van der Waals surface area (Å²) in [6.07, 6.45) is 3.48. The zero-order chi connectivity index (χ0) is 20.0. The van der Waals surface area contributed by atoms with Crippen LogP contribution in [0.25, 0.3) is 0 Å². The van der Waals surface area contributed by atoms with Crippen molar-refractivity contribution in [2.45, 2.75) is 78.1 Å². The number of Topliss-reactive ketones (excluding diaryl/α,β-unsaturated/α-hetero) is 2. The Labute approximate surface area is 163 Å². The first-order valence-corrected chi connectivity index (χ1v) is 10.2. The molecule has 0 amide bonds. The maximum absolute atomic E-state index is 12.7. The van der Waals surface area contributed by atoms with Crippen molar-refractivity contribution in [3.05, 3.63) is 40.5 Å². The van der Waals surface area contributed by atoms with E-state index in [2.05, 4.69) is 51.2 Å². The third-order valence-corrected chi connectivity index (χ3v) is 6.85. The molecule has 0 heterocycles. The van der Waals surface area contributed by atoms with Gasteiger partial charge >= 0.3 is 0 Å². The van der Waals surface area contributed by atoms with E-state index in [0.29, 0.717) is 30.5 Å². The van der Waals surface area contributed by atoms with Crippen LogP contribution in [0.1, 0.15) is 78.4 Å². The van der Waals surface area contributed by atoms with Crippen LogP contribution >= 0.6 is 0 Å². The number of hydrogen-bond acceptors (Lipinski definition) is 3. The van der Waals surface area contributed by atoms with Gasteiger partial charge in [0.15, 0.2) is 11.6 Å². The molecule has 1 atom stereocenters. The van der Waals surface area contributed by atoms with Crippen molar-refractivity contribution in [1.29, 1.82) is 0 Å². The Morgan fingerprint density at radius 1 is 0.963 bits per heavy atom. The van der Waals surface area contributed by atoms with E-state index in [0.717, 1.165) is 5.69 Å². The largest absolute Gasteiger partial charge is 0.384 e. The lowest BCUT2D eigenvalue weighted by Gasteiger charge is -2.42. The highest BCUT2D eigenvalue weighted by atomic mass is 16.1. The number of anilines is 1. The highest BCUT2D eigenvalue weighted by Crippen LogP contribution is 2.46. The van der Waals surface area contributed by atoms with Gasteiger partial charge in [-0.05, 0) is 78.3 Å². The van der Waals surface area contributed by atoms with Gasteiger partial charge in [0.25, 0.3) is 0 Å². The highest BCUT2D eigenvalue weighted by Gasteiger charge is 2.37. The molecule has 2 aliphatic rings. The van der Waals surface area contributed by atoms with E-state index >= 15 is 0 Å². The quantitative estimate of drug-likeness (QED) is 0.785. The molecule has 1 aromatic carbocycles. The molecule has 1 N–H and O–H groups in total. The summed E-state index contributed by atoms with van der Waals surface area (Å²) in [4.78, 5) is 24.7. The molecule has 0 aromatic heterocycles. The fourth-order valence-electron chi connectivity index (χ4n) is 4.46. The fraction of sp³-hybridized carbons (Fsp3) is 0.583. The first-order valence-electron chi connectivity index (χ1n) is 10.2. The number of carbonyl (C=O) groups is 2. The molecule has 0 saturated carbocycles. The van der Waals surface area contributed by atoms with Gasteiger partial charge in [0.1, 0.15) is 0 Å². The van der Waals surface area contributed by atoms with E-state index in [1.54, 1.807) is 13.8 Å². The Morgan fingerprint density at radius 2 is 1.59 bits per heavy atom. The molecule has 0 radical (unpaired) electrons. The average Bonchev–Trinajstić information content (AvgIpc) is 2.71. The Hall–Kier alpha value is -1.90. The molecule has 1 aromatic rings. The van der Waals surface area contributed by atoms with E-state index in [9.17, 15) is 9.59 Å². The smallest absolute Gasteiger partial charge is 0.163 e. The van der Waals surface area contributed by atoms with Crippen LogP contribution in [-0.2, 0) is 20.4 Å². The molecule has 0 saturated heterocycles. The van der Waals surface area contributed by atoms with E-state index in [4.69, 9.17) is 0 Å². The fourth-order valence-corrected chi connectivity index (χ4v) is 4.46. The van der Waals surface area contributed by atoms with E-state index < -0.39 is 0 Å². The summed E-state index contributed by atoms with van der Waals surface area (Å²) in [5.74, 6) is 0.0956. The van der Waals surface area contributed by atoms with Crippen molar-refractivity contribution in [3.63, 3.8) is 0 Å². The Balaban J connectivity index is 1.80. The molecule has 3 rings (SSSR count). The Kier molecular flexibility index (Phi) is 5.09. The van der Waals surface area contributed by atoms with Crippen LogP contribution in [0.4, 0.5) is 5.69 Å². The number of ketones is 2. The maximum atomic E-state index is 12.7. The molecule has 1 unspecified atom stereocenters. The van der Waals surface area contributed by atoms with E-state index in [1.165, 1.54) is 24.0 Å². The van der Waals surface area contributed by atoms with Crippen molar-refractivity contribution in [1.82, 2.24) is 0 Å². The molecule has 27 heavy (non-hydrogen) atoms. The molecule has 0 fully saturated rings. The van der Waals surface area contributed by atoms with Crippen LogP contribution in [-0.4, -0.2) is 18.1 Å². The second-order valence-electron chi connectivity index (χ2n) is 9.68. The third-order valence-electron chi connectivity index (χ3n) is 6.85. The highest BCUT2D eigenvalue weighted by molar-refractivity contribution is 6.08. The minimum Gasteiger partial charge on any atom is -0.384 e. The normalized spacial score (nSPS) is 24.4. The van der Waals surface area contributed by atoms with Crippen molar-refractivity contribution < 1.29 is 9.59 Å². The summed E-state index contributed by atoms with van der Waals surface area (Å²) in [7, 11) is 0. The molecule has 3 nitrogen and oxygen atoms in total. The number of allylic oxidation sites excluding steroid dienone is 2. The van der Waals surface area contributed by atoms with Gasteiger partial charge in [0.05, 0.1) is 0 Å². The van der Waals surface area contributed by atoms with Crippen LogP contribution in [0.5, 0.6) is 0 Å². The molecule has 0 aliphatic heterocycles. The van der Waals surface area contributed by atoms with Crippen molar-refractivity contribution in [2.24, 2.45) is 5.92 Å². The van der Waals surface area contributed by atoms with Crippen molar-refractivity contribution >= 4 is 17.3 Å². The van der Waals surface area contributed by atoms with Gasteiger partial charge in [-0.2, -0.15) is 0 Å². The average molecular weight is 368 g/mol. The Morgan fingerprint density at radius 3 is 2.26 bits per heavy atom. The van der Waals surface area contributed by atoms with Gasteiger partial charge in [-0.3, -0.25) is 9.59 Å². The second kappa shape index (κ2) is 6.92. The Bertz CT molecular complexity index is 814. The second-order valence-corrected chi connectivity index (χ2v) is 9.68. The standard InChI is InChI=1S/C24H33NO2/c1-15-16(2)22(27)17(7-10-21(15)26)14-25-18-8-9-19-20(13-18)24(5,6)12-11-23(19,3)4/h8-9,13,17,25H,7,10-12,14H2,1-6H3. The minimum absolute atomic E-state index is 0.112. The summed E-state index contributed by atoms with van der Waals surface area (Å²) < 4.78 is 0. The summed E-state index contributed by atoms with van der Waals surface area (Å²) in [5.41, 5.74) is 5.58. The van der Waals surface area contributed by atoms with Crippen LogP contribution in [0.3, 0.4) is 0 Å². The van der Waals surface area contributed by atoms with Gasteiger partial charge in [0, 0.05) is 24.6 Å². The van der Waals surface area contributed by atoms with Gasteiger partial charge in [-0.1, -0.05) is 33.8 Å². The topological polar surface area (TPSA) is 46.2 Å². The molecular formula is C24H33NO2. The molecular weight excluding hydrogens is 334 g/mol. The zero-order valence-corrected chi connectivity index (χ0v) is 17.7. The van der Waals surface area contributed by atoms with Gasteiger partial charge in [-0.25, -0.2) is 0 Å². The van der Waals surface area contributed by atoms with E-state index in [1.807, 2.05) is 0 Å². The number of fused-ring (bicyclic) bond motifs is 1. The predicted octanol–water partition coefficient (Wildman–Crippen LogP) is 5.33. The predicted molar refractivity (Wildman–Crippen MR) is 111 cm³/mol. The first kappa shape index (κ1) is 19.9. The number of nitrogens with one attached hydrogen (secondary N) is 1. The van der Waals surface area contributed by atoms with Gasteiger partial charge in [-0.15, -0.1) is 0 Å². The van der Waals surface area contributed by atoms with Gasteiger partial charge in [0.2, 0.25) is 0 Å². The SMILES string of the molecule is CC1=C(C)C(=O)C(CNc2ccc3c(c2)C(C)(C)CCC3(C)C)CCC1=O. The van der Waals surface area contributed by atoms with Crippen LogP contribution in [0, 0.1) is 5.92 Å². The lowest BCUT2D eigenvalue weighted by Crippen LogP contribution is -2.34. The minimum atomic E-state index is -0.133. The van der Waals surface area contributed by atoms with Gasteiger partial charge < -0.3 is 5.32 Å². The molecule has 146 valence electrons. The monoisotopic (exact) mass is 367 g/mol. The van der Waals surface area contributed by atoms with Crippen LogP contribution in [0.15, 0.2) is 29.3 Å². The molecule has 0 bridgehead atoms. The summed E-state index contributed by atoms with van der Waals surface area (Å²) >= 11 is 0. The maximum Gasteiger partial charge on any atom is 0.163 e. The van der Waals surface area contributed by atoms with Crippen LogP contribution < -0.4 is 5.32 Å². The third kappa shape index (κ3) is 3.74. The van der Waals surface area contributed by atoms with Crippen LogP contribution in [0.2, 0.25) is 0 Å². The molecule has 3 heteroatoms.